The number of nitrogens with zero attached hydrogens (tertiary/aromatic N) is 1. The number of hydrogen-bond donors (Lipinski definition) is 1. The van der Waals surface area contributed by atoms with E-state index in [0.29, 0.717) is 31.9 Å². The molecule has 152 valence electrons. The molecule has 0 saturated carbocycles. The average Bonchev–Trinajstić information content (AvgIpc) is 2.67. The molecule has 2 aromatic carbocycles. The number of carbonyl (C=O) groups excluding carboxylic acids is 1. The Morgan fingerprint density at radius 1 is 1.21 bits per heavy atom. The third-order valence-electron chi connectivity index (χ3n) is 3.99. The lowest BCUT2D eigenvalue weighted by Gasteiger charge is -2.20. The Kier molecular flexibility index (Phi) is 7.79. The summed E-state index contributed by atoms with van der Waals surface area (Å²) in [7, 11) is -2.61. The van der Waals surface area contributed by atoms with Gasteiger partial charge >= 0.3 is 0 Å². The third kappa shape index (κ3) is 5.43. The van der Waals surface area contributed by atoms with Gasteiger partial charge in [0.25, 0.3) is 15.9 Å². The van der Waals surface area contributed by atoms with Crippen LogP contribution in [0, 0.1) is 5.82 Å². The second-order valence-corrected chi connectivity index (χ2v) is 8.27. The first-order valence-electron chi connectivity index (χ1n) is 8.67. The number of ether oxygens (including phenoxy) is 1. The summed E-state index contributed by atoms with van der Waals surface area (Å²) in [4.78, 5) is 12.3. The Morgan fingerprint density at radius 3 is 2.54 bits per heavy atom. The van der Waals surface area contributed by atoms with E-state index in [2.05, 4.69) is 5.32 Å². The number of sulfonamides is 1. The van der Waals surface area contributed by atoms with Crippen LogP contribution < -0.4 is 9.62 Å². The monoisotopic (exact) mass is 428 g/mol. The molecule has 1 N–H and O–H groups in total. The summed E-state index contributed by atoms with van der Waals surface area (Å²) in [6, 6.07) is 8.97. The Labute approximate surface area is 169 Å². The first kappa shape index (κ1) is 22.1. The van der Waals surface area contributed by atoms with Crippen LogP contribution in [-0.2, 0) is 14.8 Å². The van der Waals surface area contributed by atoms with E-state index in [1.165, 1.54) is 49.5 Å². The van der Waals surface area contributed by atoms with Gasteiger partial charge in [-0.3, -0.25) is 9.10 Å². The first-order chi connectivity index (χ1) is 13.3. The highest BCUT2D eigenvalue weighted by atomic mass is 35.5. The largest absolute Gasteiger partial charge is 0.382 e. The zero-order valence-corrected chi connectivity index (χ0v) is 17.2. The molecule has 0 aromatic heterocycles. The van der Waals surface area contributed by atoms with Gasteiger partial charge in [0.05, 0.1) is 21.2 Å². The molecule has 0 aliphatic heterocycles. The van der Waals surface area contributed by atoms with E-state index in [4.69, 9.17) is 16.3 Å². The molecule has 0 unspecified atom stereocenters. The van der Waals surface area contributed by atoms with Crippen LogP contribution >= 0.6 is 11.6 Å². The molecule has 0 bridgehead atoms. The smallest absolute Gasteiger partial charge is 0.264 e. The van der Waals surface area contributed by atoms with Crippen LogP contribution in [0.15, 0.2) is 47.4 Å². The maximum atomic E-state index is 13.1. The van der Waals surface area contributed by atoms with Crippen molar-refractivity contribution in [2.75, 3.05) is 31.1 Å². The number of benzene rings is 2. The molecule has 1 amide bonds. The van der Waals surface area contributed by atoms with Crippen molar-refractivity contribution in [2.24, 2.45) is 0 Å². The normalized spacial score (nSPS) is 11.3. The summed E-state index contributed by atoms with van der Waals surface area (Å²) in [5.41, 5.74) is 0.352. The molecular weight excluding hydrogens is 407 g/mol. The van der Waals surface area contributed by atoms with Crippen LogP contribution in [0.2, 0.25) is 5.02 Å². The van der Waals surface area contributed by atoms with Crippen LogP contribution in [-0.4, -0.2) is 41.1 Å². The molecule has 0 aliphatic carbocycles. The van der Waals surface area contributed by atoms with Gasteiger partial charge in [-0.1, -0.05) is 11.6 Å². The molecule has 0 radical (unpaired) electrons. The van der Waals surface area contributed by atoms with Gasteiger partial charge in [0.2, 0.25) is 0 Å². The zero-order chi connectivity index (χ0) is 20.7. The van der Waals surface area contributed by atoms with Crippen molar-refractivity contribution >= 4 is 33.2 Å². The summed E-state index contributed by atoms with van der Waals surface area (Å²) in [5, 5.41) is 2.84. The van der Waals surface area contributed by atoms with Gasteiger partial charge in [-0.05, 0) is 55.8 Å². The Bertz CT molecular complexity index is 920. The molecule has 0 atom stereocenters. The number of hydrogen-bond acceptors (Lipinski definition) is 4. The average molecular weight is 429 g/mol. The number of carbonyl (C=O) groups is 1. The van der Waals surface area contributed by atoms with Gasteiger partial charge in [-0.2, -0.15) is 0 Å². The maximum absolute atomic E-state index is 13.1. The van der Waals surface area contributed by atoms with E-state index in [1.54, 1.807) is 0 Å². The van der Waals surface area contributed by atoms with Crippen molar-refractivity contribution in [1.82, 2.24) is 5.32 Å². The lowest BCUT2D eigenvalue weighted by Crippen LogP contribution is -2.28. The predicted molar refractivity (Wildman–Crippen MR) is 107 cm³/mol. The van der Waals surface area contributed by atoms with Crippen LogP contribution in [0.4, 0.5) is 10.1 Å². The molecule has 9 heteroatoms. The molecule has 2 rings (SSSR count). The molecule has 0 heterocycles. The van der Waals surface area contributed by atoms with Crippen LogP contribution in [0.3, 0.4) is 0 Å². The lowest BCUT2D eigenvalue weighted by atomic mass is 10.2. The van der Waals surface area contributed by atoms with E-state index in [0.717, 1.165) is 4.31 Å². The Morgan fingerprint density at radius 2 is 1.89 bits per heavy atom. The molecule has 6 nitrogen and oxygen atoms in total. The van der Waals surface area contributed by atoms with Gasteiger partial charge in [-0.25, -0.2) is 12.8 Å². The van der Waals surface area contributed by atoms with Crippen LogP contribution in [0.25, 0.3) is 0 Å². The van der Waals surface area contributed by atoms with E-state index >= 15 is 0 Å². The van der Waals surface area contributed by atoms with Crippen molar-refractivity contribution in [2.45, 2.75) is 18.2 Å². The number of amides is 1. The molecule has 2 aromatic rings. The second kappa shape index (κ2) is 9.86. The van der Waals surface area contributed by atoms with Crippen LogP contribution in [0.1, 0.15) is 23.7 Å². The standard InChI is InChI=1S/C19H22ClFN2O4S/c1-3-27-12-4-11-22-19(24)17-13-16(9-10-18(17)20)28(25,26)23(2)15-7-5-14(21)6-8-15/h5-10,13H,3-4,11-12H2,1-2H3,(H,22,24). The Hall–Kier alpha value is -2.16. The number of rotatable bonds is 9. The van der Waals surface area contributed by atoms with Gasteiger partial charge in [-0.15, -0.1) is 0 Å². The molecular formula is C19H22ClFN2O4S. The maximum Gasteiger partial charge on any atom is 0.264 e. The van der Waals surface area contributed by atoms with Crippen molar-refractivity contribution in [3.05, 3.63) is 58.9 Å². The van der Waals surface area contributed by atoms with E-state index in [9.17, 15) is 17.6 Å². The summed E-state index contributed by atoms with van der Waals surface area (Å²) in [5.74, 6) is -0.938. The molecule has 0 spiro atoms. The van der Waals surface area contributed by atoms with Crippen molar-refractivity contribution in [1.29, 1.82) is 0 Å². The van der Waals surface area contributed by atoms with Gasteiger partial charge in [0, 0.05) is 26.8 Å². The molecule has 0 saturated heterocycles. The van der Waals surface area contributed by atoms with Crippen molar-refractivity contribution < 1.29 is 22.3 Å². The highest BCUT2D eigenvalue weighted by molar-refractivity contribution is 7.92. The van der Waals surface area contributed by atoms with Crippen LogP contribution in [0.5, 0.6) is 0 Å². The number of nitrogens with one attached hydrogen (secondary N) is 1. The highest BCUT2D eigenvalue weighted by Gasteiger charge is 2.23. The third-order valence-corrected chi connectivity index (χ3v) is 6.10. The fraction of sp³-hybridized carbons (Fsp3) is 0.316. The zero-order valence-electron chi connectivity index (χ0n) is 15.6. The Balaban J connectivity index is 2.20. The molecule has 0 fully saturated rings. The van der Waals surface area contributed by atoms with E-state index < -0.39 is 21.7 Å². The minimum Gasteiger partial charge on any atom is -0.382 e. The summed E-state index contributed by atoms with van der Waals surface area (Å²) < 4.78 is 45.1. The summed E-state index contributed by atoms with van der Waals surface area (Å²) in [6.45, 7) is 3.37. The van der Waals surface area contributed by atoms with Gasteiger partial charge in [0.15, 0.2) is 0 Å². The van der Waals surface area contributed by atoms with Crippen molar-refractivity contribution in [3.8, 4) is 0 Å². The van der Waals surface area contributed by atoms with E-state index in [1.807, 2.05) is 6.92 Å². The highest BCUT2D eigenvalue weighted by Crippen LogP contribution is 2.26. The number of anilines is 1. The number of halogens is 2. The van der Waals surface area contributed by atoms with Crippen molar-refractivity contribution in [3.63, 3.8) is 0 Å². The minimum atomic E-state index is -3.96. The van der Waals surface area contributed by atoms with Gasteiger partial charge < -0.3 is 10.1 Å². The second-order valence-electron chi connectivity index (χ2n) is 5.90. The van der Waals surface area contributed by atoms with E-state index in [-0.39, 0.29) is 15.5 Å². The minimum absolute atomic E-state index is 0.0617. The lowest BCUT2D eigenvalue weighted by molar-refractivity contribution is 0.0944. The fourth-order valence-electron chi connectivity index (χ4n) is 2.40. The predicted octanol–water partition coefficient (Wildman–Crippen LogP) is 3.46. The summed E-state index contributed by atoms with van der Waals surface area (Å²) >= 11 is 6.08. The summed E-state index contributed by atoms with van der Waals surface area (Å²) in [6.07, 6.45) is 0.627. The fourth-order valence-corrected chi connectivity index (χ4v) is 3.83. The topological polar surface area (TPSA) is 75.7 Å². The first-order valence-corrected chi connectivity index (χ1v) is 10.5. The van der Waals surface area contributed by atoms with Gasteiger partial charge in [0.1, 0.15) is 5.82 Å². The molecule has 28 heavy (non-hydrogen) atoms. The SMILES string of the molecule is CCOCCCNC(=O)c1cc(S(=O)(=O)N(C)c2ccc(F)cc2)ccc1Cl. The quantitative estimate of drug-likeness (QED) is 0.620. The molecule has 0 aliphatic rings.